The van der Waals surface area contributed by atoms with Gasteiger partial charge in [0, 0.05) is 53.6 Å². The number of hydrogen-bond acceptors (Lipinski definition) is 6. The molecule has 6 rings (SSSR count). The Bertz CT molecular complexity index is 2000. The van der Waals surface area contributed by atoms with Crippen molar-refractivity contribution in [3.8, 4) is 16.9 Å². The topological polar surface area (TPSA) is 81.8 Å². The number of hydrogen-bond donors (Lipinski definition) is 1. The molecule has 0 radical (unpaired) electrons. The van der Waals surface area contributed by atoms with Gasteiger partial charge in [-0.2, -0.15) is 5.10 Å². The zero-order valence-corrected chi connectivity index (χ0v) is 30.7. The molecule has 50 heavy (non-hydrogen) atoms. The number of rotatable bonds is 12. The van der Waals surface area contributed by atoms with Crippen molar-refractivity contribution in [2.24, 2.45) is 13.0 Å². The zero-order valence-electron chi connectivity index (χ0n) is 29.9. The van der Waals surface area contributed by atoms with Gasteiger partial charge in [-0.25, -0.2) is 4.39 Å². The summed E-state index contributed by atoms with van der Waals surface area (Å²) in [7, 11) is 1.94. The van der Waals surface area contributed by atoms with E-state index in [1.165, 1.54) is 12.1 Å². The van der Waals surface area contributed by atoms with Gasteiger partial charge in [-0.3, -0.25) is 4.68 Å². The largest absolute Gasteiger partial charge is 0.493 e. The lowest BCUT2D eigenvalue weighted by atomic mass is 9.98. The Hall–Kier alpha value is -3.76. The summed E-state index contributed by atoms with van der Waals surface area (Å²) in [5.41, 5.74) is 5.77. The highest BCUT2D eigenvalue weighted by atomic mass is 35.5. The highest BCUT2D eigenvalue weighted by molar-refractivity contribution is 6.35. The average molecular weight is 703 g/mol. The molecule has 1 unspecified atom stereocenters. The van der Waals surface area contributed by atoms with Crippen molar-refractivity contribution in [2.75, 3.05) is 26.2 Å². The molecule has 1 N–H and O–H groups in total. The minimum atomic E-state index is -1.20. The molecule has 1 fully saturated rings. The summed E-state index contributed by atoms with van der Waals surface area (Å²) in [4.78, 5) is 13.8. The van der Waals surface area contributed by atoms with Gasteiger partial charge in [-0.15, -0.1) is 0 Å². The molecule has 3 aromatic carbocycles. The number of aryl methyl sites for hydroxylation is 3. The number of likely N-dealkylation sites (tertiary alicyclic amines) is 1. The number of fused-ring (bicyclic) bond motifs is 2. The van der Waals surface area contributed by atoms with Gasteiger partial charge in [0.1, 0.15) is 17.9 Å². The van der Waals surface area contributed by atoms with Gasteiger partial charge in [0.25, 0.3) is 0 Å². The number of ether oxygens (including phenoxy) is 2. The van der Waals surface area contributed by atoms with E-state index >= 15 is 0 Å². The molecule has 2 aromatic heterocycles. The molecule has 0 saturated carbocycles. The first-order valence-corrected chi connectivity index (χ1v) is 17.9. The van der Waals surface area contributed by atoms with Crippen molar-refractivity contribution in [1.82, 2.24) is 19.2 Å². The highest BCUT2D eigenvalue weighted by Crippen LogP contribution is 2.44. The molecule has 0 amide bonds. The molecule has 10 heteroatoms. The Balaban J connectivity index is 1.43. The lowest BCUT2D eigenvalue weighted by Gasteiger charge is -2.31. The van der Waals surface area contributed by atoms with Crippen LogP contribution in [0, 0.1) is 25.6 Å². The number of aromatic nitrogens is 3. The monoisotopic (exact) mass is 702 g/mol. The van der Waals surface area contributed by atoms with E-state index in [4.69, 9.17) is 26.2 Å². The summed E-state index contributed by atoms with van der Waals surface area (Å²) >= 11 is 7.11. The summed E-state index contributed by atoms with van der Waals surface area (Å²) in [5, 5.41) is 19.9. The maximum atomic E-state index is 13.9. The van der Waals surface area contributed by atoms with Gasteiger partial charge < -0.3 is 28.8 Å². The molecule has 1 aliphatic heterocycles. The van der Waals surface area contributed by atoms with Crippen LogP contribution in [0.4, 0.5) is 4.39 Å². The Labute approximate surface area is 298 Å². The van der Waals surface area contributed by atoms with Crippen LogP contribution in [-0.4, -0.2) is 62.5 Å². The van der Waals surface area contributed by atoms with Crippen molar-refractivity contribution in [3.63, 3.8) is 0 Å². The molecule has 5 aromatic rings. The van der Waals surface area contributed by atoms with Crippen LogP contribution >= 0.6 is 11.6 Å². The standard InChI is InChI=1S/C40H48ClFN4O4/c1-25-35(26(2)44(6)43-25)36-33(41)15-14-32-31(10-8-22-49-34-11-7-9-28-23-29(42)12-13-30(28)34)38(39(48)50-40(3,4)5)46(37(32)36)21-20-45-18-16-27(24-47)17-19-45/h7,9,11-15,23-24,27,39,48H,8,10,16-22H2,1-6H3. The van der Waals surface area contributed by atoms with E-state index in [0.717, 1.165) is 88.5 Å². The third-order valence-electron chi connectivity index (χ3n) is 9.88. The van der Waals surface area contributed by atoms with Crippen LogP contribution in [-0.2, 0) is 29.5 Å². The number of benzene rings is 3. The summed E-state index contributed by atoms with van der Waals surface area (Å²) in [6.45, 7) is 13.3. The summed E-state index contributed by atoms with van der Waals surface area (Å²) < 4.78 is 30.6. The lowest BCUT2D eigenvalue weighted by molar-refractivity contribution is -0.173. The number of carbonyl (C=O) groups excluding carboxylic acids is 1. The number of aliphatic hydroxyl groups excluding tert-OH is 1. The van der Waals surface area contributed by atoms with Gasteiger partial charge in [-0.05, 0) is 115 Å². The second kappa shape index (κ2) is 14.8. The Kier molecular flexibility index (Phi) is 10.7. The first-order valence-electron chi connectivity index (χ1n) is 17.5. The van der Waals surface area contributed by atoms with E-state index in [1.807, 2.05) is 70.6 Å². The molecule has 266 valence electrons. The van der Waals surface area contributed by atoms with E-state index < -0.39 is 11.9 Å². The van der Waals surface area contributed by atoms with Crippen LogP contribution in [0.3, 0.4) is 0 Å². The summed E-state index contributed by atoms with van der Waals surface area (Å²) in [5.74, 6) is 0.537. The van der Waals surface area contributed by atoms with Crippen LogP contribution < -0.4 is 4.74 Å². The maximum Gasteiger partial charge on any atom is 0.197 e. The van der Waals surface area contributed by atoms with Crippen molar-refractivity contribution in [2.45, 2.75) is 78.7 Å². The molecular weight excluding hydrogens is 655 g/mol. The Morgan fingerprint density at radius 3 is 2.48 bits per heavy atom. The Morgan fingerprint density at radius 2 is 1.80 bits per heavy atom. The number of aldehydes is 1. The zero-order chi connectivity index (χ0) is 35.7. The van der Waals surface area contributed by atoms with E-state index in [0.29, 0.717) is 42.5 Å². The van der Waals surface area contributed by atoms with E-state index in [-0.39, 0.29) is 11.7 Å². The fourth-order valence-corrected chi connectivity index (χ4v) is 7.64. The van der Waals surface area contributed by atoms with E-state index in [9.17, 15) is 14.3 Å². The molecule has 1 aliphatic rings. The number of piperidine rings is 1. The Morgan fingerprint density at radius 1 is 1.06 bits per heavy atom. The molecular formula is C40H48ClFN4O4. The molecule has 1 atom stereocenters. The van der Waals surface area contributed by atoms with Gasteiger partial charge in [0.2, 0.25) is 0 Å². The van der Waals surface area contributed by atoms with Crippen LogP contribution in [0.1, 0.15) is 69.0 Å². The van der Waals surface area contributed by atoms with Crippen molar-refractivity contribution in [1.29, 1.82) is 0 Å². The van der Waals surface area contributed by atoms with Gasteiger partial charge in [0.15, 0.2) is 6.29 Å². The normalized spacial score (nSPS) is 15.3. The van der Waals surface area contributed by atoms with Gasteiger partial charge in [0.05, 0.1) is 34.1 Å². The number of aliphatic hydroxyl groups is 1. The smallest absolute Gasteiger partial charge is 0.197 e. The van der Waals surface area contributed by atoms with Crippen molar-refractivity contribution in [3.05, 3.63) is 82.0 Å². The van der Waals surface area contributed by atoms with Crippen molar-refractivity contribution >= 4 is 39.6 Å². The van der Waals surface area contributed by atoms with Crippen molar-refractivity contribution < 1.29 is 23.8 Å². The van der Waals surface area contributed by atoms with Crippen LogP contribution in [0.25, 0.3) is 32.8 Å². The minimum Gasteiger partial charge on any atom is -0.493 e. The molecule has 0 spiro atoms. The average Bonchev–Trinajstić information content (AvgIpc) is 3.52. The maximum absolute atomic E-state index is 13.9. The second-order valence-electron chi connectivity index (χ2n) is 14.5. The van der Waals surface area contributed by atoms with Crippen LogP contribution in [0.2, 0.25) is 5.02 Å². The first-order chi connectivity index (χ1) is 23.9. The number of carbonyl (C=O) groups is 1. The first kappa shape index (κ1) is 36.0. The van der Waals surface area contributed by atoms with Crippen LogP contribution in [0.5, 0.6) is 5.75 Å². The van der Waals surface area contributed by atoms with Gasteiger partial charge >= 0.3 is 0 Å². The molecule has 1 saturated heterocycles. The number of halogens is 2. The third kappa shape index (κ3) is 7.47. The molecule has 0 bridgehead atoms. The lowest BCUT2D eigenvalue weighted by Crippen LogP contribution is -2.36. The predicted molar refractivity (Wildman–Crippen MR) is 197 cm³/mol. The van der Waals surface area contributed by atoms with E-state index in [1.54, 1.807) is 6.07 Å². The fraction of sp³-hybridized carbons (Fsp3) is 0.450. The van der Waals surface area contributed by atoms with E-state index in [2.05, 4.69) is 15.5 Å². The fourth-order valence-electron chi connectivity index (χ4n) is 7.39. The third-order valence-corrected chi connectivity index (χ3v) is 10.2. The highest BCUT2D eigenvalue weighted by Gasteiger charge is 2.31. The summed E-state index contributed by atoms with van der Waals surface area (Å²) in [6.07, 6.45) is 2.85. The molecule has 3 heterocycles. The summed E-state index contributed by atoms with van der Waals surface area (Å²) in [6, 6.07) is 14.4. The number of nitrogens with zero attached hydrogens (tertiary/aromatic N) is 4. The van der Waals surface area contributed by atoms with Crippen LogP contribution in [0.15, 0.2) is 48.5 Å². The quantitative estimate of drug-likeness (QED) is 0.0800. The predicted octanol–water partition coefficient (Wildman–Crippen LogP) is 8.33. The molecule has 8 nitrogen and oxygen atoms in total. The molecule has 0 aliphatic carbocycles. The minimum absolute atomic E-state index is 0.113. The van der Waals surface area contributed by atoms with Gasteiger partial charge in [-0.1, -0.05) is 29.8 Å². The SMILES string of the molecule is Cc1nn(C)c(C)c1-c1c(Cl)ccc2c(CCCOc3cccc4cc(F)ccc34)c(C(O)OC(C)(C)C)n(CCN3CCC(C=O)CC3)c12. The second-order valence-corrected chi connectivity index (χ2v) is 14.9.